The Morgan fingerprint density at radius 2 is 1.92 bits per heavy atom. The fraction of sp³-hybridized carbons (Fsp3) is 0.818. The quantitative estimate of drug-likeness (QED) is 0.573. The number of ether oxygens (including phenoxy) is 1. The Labute approximate surface area is 75.5 Å². The summed E-state index contributed by atoms with van der Waals surface area (Å²) in [6, 6.07) is 0. The van der Waals surface area contributed by atoms with E-state index in [1.165, 1.54) is 32.1 Å². The maximum Gasteiger partial charge on any atom is 0.107 e. The minimum Gasteiger partial charge on any atom is -0.372 e. The first-order valence-corrected chi connectivity index (χ1v) is 4.88. The zero-order valence-corrected chi connectivity index (χ0v) is 7.94. The van der Waals surface area contributed by atoms with Gasteiger partial charge in [0.2, 0.25) is 0 Å². The molecule has 0 aromatic carbocycles. The van der Waals surface area contributed by atoms with E-state index >= 15 is 0 Å². The molecule has 0 radical (unpaired) electrons. The first-order chi connectivity index (χ1) is 5.93. The van der Waals surface area contributed by atoms with Crippen molar-refractivity contribution in [1.29, 1.82) is 0 Å². The van der Waals surface area contributed by atoms with Gasteiger partial charge in [0.15, 0.2) is 0 Å². The minimum atomic E-state index is 0.590. The van der Waals surface area contributed by atoms with Crippen molar-refractivity contribution in [3.05, 3.63) is 0 Å². The van der Waals surface area contributed by atoms with Crippen LogP contribution in [0.1, 0.15) is 38.5 Å². The Hall–Kier alpha value is -0.480. The Morgan fingerprint density at radius 3 is 2.58 bits per heavy atom. The van der Waals surface area contributed by atoms with Crippen LogP contribution in [0.3, 0.4) is 0 Å². The topological polar surface area (TPSA) is 9.23 Å². The van der Waals surface area contributed by atoms with Crippen molar-refractivity contribution < 1.29 is 4.74 Å². The van der Waals surface area contributed by atoms with Crippen LogP contribution in [0.25, 0.3) is 0 Å². The summed E-state index contributed by atoms with van der Waals surface area (Å²) in [4.78, 5) is 0. The van der Waals surface area contributed by atoms with Crippen molar-refractivity contribution in [2.45, 2.75) is 38.5 Å². The van der Waals surface area contributed by atoms with Crippen LogP contribution < -0.4 is 0 Å². The molecule has 0 aromatic heterocycles. The highest BCUT2D eigenvalue weighted by molar-refractivity contribution is 5.00. The smallest absolute Gasteiger partial charge is 0.107 e. The second kappa shape index (κ2) is 6.08. The third-order valence-electron chi connectivity index (χ3n) is 2.46. The number of rotatable bonds is 2. The number of hydrogen-bond acceptors (Lipinski definition) is 1. The van der Waals surface area contributed by atoms with E-state index in [9.17, 15) is 0 Å². The molecule has 1 heteroatoms. The Kier molecular flexibility index (Phi) is 4.87. The zero-order valence-electron chi connectivity index (χ0n) is 7.94. The molecule has 12 heavy (non-hydrogen) atoms. The van der Waals surface area contributed by atoms with Crippen molar-refractivity contribution in [1.82, 2.24) is 0 Å². The van der Waals surface area contributed by atoms with Crippen molar-refractivity contribution in [3.8, 4) is 11.8 Å². The van der Waals surface area contributed by atoms with Crippen LogP contribution in [-0.4, -0.2) is 13.7 Å². The molecule has 1 rings (SSSR count). The van der Waals surface area contributed by atoms with E-state index in [1.807, 2.05) is 0 Å². The summed E-state index contributed by atoms with van der Waals surface area (Å²) in [7, 11) is 1.69. The molecule has 1 nitrogen and oxygen atoms in total. The van der Waals surface area contributed by atoms with E-state index in [1.54, 1.807) is 7.11 Å². The van der Waals surface area contributed by atoms with E-state index in [4.69, 9.17) is 4.74 Å². The zero-order chi connectivity index (χ0) is 8.65. The predicted molar refractivity (Wildman–Crippen MR) is 50.8 cm³/mol. The molecule has 0 saturated heterocycles. The van der Waals surface area contributed by atoms with E-state index in [-0.39, 0.29) is 0 Å². The highest BCUT2D eigenvalue weighted by atomic mass is 16.5. The second-order valence-electron chi connectivity index (χ2n) is 3.49. The fourth-order valence-corrected chi connectivity index (χ4v) is 1.73. The summed E-state index contributed by atoms with van der Waals surface area (Å²) < 4.78 is 4.86. The molecule has 0 unspecified atom stereocenters. The lowest BCUT2D eigenvalue weighted by atomic mass is 9.87. The molecule has 0 N–H and O–H groups in total. The van der Waals surface area contributed by atoms with Gasteiger partial charge in [-0.1, -0.05) is 25.2 Å². The molecule has 0 heterocycles. The summed E-state index contributed by atoms with van der Waals surface area (Å²) in [6.45, 7) is 0.590. The largest absolute Gasteiger partial charge is 0.372 e. The lowest BCUT2D eigenvalue weighted by molar-refractivity contribution is 0.239. The number of methoxy groups -OCH3 is 1. The van der Waals surface area contributed by atoms with Crippen molar-refractivity contribution in [2.75, 3.05) is 13.7 Å². The average Bonchev–Trinajstić information content (AvgIpc) is 2.14. The summed E-state index contributed by atoms with van der Waals surface area (Å²) in [5, 5.41) is 0. The lowest BCUT2D eigenvalue weighted by Crippen LogP contribution is -2.04. The molecule has 1 aliphatic carbocycles. The highest BCUT2D eigenvalue weighted by Crippen LogP contribution is 2.25. The van der Waals surface area contributed by atoms with Gasteiger partial charge in [-0.15, -0.1) is 5.92 Å². The summed E-state index contributed by atoms with van der Waals surface area (Å²) in [6.07, 6.45) is 8.13. The highest BCUT2D eigenvalue weighted by Gasteiger charge is 2.11. The van der Waals surface area contributed by atoms with Gasteiger partial charge in [-0.3, -0.25) is 0 Å². The van der Waals surface area contributed by atoms with Gasteiger partial charge in [0.05, 0.1) is 0 Å². The van der Waals surface area contributed by atoms with Crippen molar-refractivity contribution >= 4 is 0 Å². The van der Waals surface area contributed by atoms with Gasteiger partial charge < -0.3 is 4.74 Å². The van der Waals surface area contributed by atoms with Crippen LogP contribution in [0.15, 0.2) is 0 Å². The van der Waals surface area contributed by atoms with E-state index < -0.39 is 0 Å². The van der Waals surface area contributed by atoms with Gasteiger partial charge in [-0.2, -0.15) is 0 Å². The third-order valence-corrected chi connectivity index (χ3v) is 2.46. The molecule has 0 spiro atoms. The monoisotopic (exact) mass is 166 g/mol. The third kappa shape index (κ3) is 3.78. The first-order valence-electron chi connectivity index (χ1n) is 4.88. The molecule has 0 amide bonds. The summed E-state index contributed by atoms with van der Waals surface area (Å²) in [5.74, 6) is 7.07. The molecule has 0 aliphatic heterocycles. The number of hydrogen-bond donors (Lipinski definition) is 0. The molecule has 1 saturated carbocycles. The fourth-order valence-electron chi connectivity index (χ4n) is 1.73. The van der Waals surface area contributed by atoms with E-state index in [0.29, 0.717) is 6.61 Å². The maximum atomic E-state index is 4.86. The normalized spacial score (nSPS) is 18.4. The van der Waals surface area contributed by atoms with Gasteiger partial charge in [0.1, 0.15) is 6.61 Å². The molecule has 0 atom stereocenters. The van der Waals surface area contributed by atoms with Gasteiger partial charge in [-0.25, -0.2) is 0 Å². The first kappa shape index (κ1) is 9.61. The standard InChI is InChI=1S/C11H18O/c1-12-10-6-5-9-11-7-3-2-4-8-11/h11H,2-4,7-10H2,1H3. The van der Waals surface area contributed by atoms with Crippen LogP contribution in [0, 0.1) is 17.8 Å². The Balaban J connectivity index is 2.09. The van der Waals surface area contributed by atoms with Crippen molar-refractivity contribution in [2.24, 2.45) is 5.92 Å². The summed E-state index contributed by atoms with van der Waals surface area (Å²) >= 11 is 0. The maximum absolute atomic E-state index is 4.86. The molecule has 1 aliphatic rings. The van der Waals surface area contributed by atoms with Gasteiger partial charge >= 0.3 is 0 Å². The van der Waals surface area contributed by atoms with Crippen LogP contribution in [0.5, 0.6) is 0 Å². The minimum absolute atomic E-state index is 0.590. The molecule has 0 aromatic rings. The SMILES string of the molecule is COCC#CCC1CCCCC1. The molecule has 68 valence electrons. The van der Waals surface area contributed by atoms with Crippen LogP contribution in [0.4, 0.5) is 0 Å². The van der Waals surface area contributed by atoms with Gasteiger partial charge in [0.25, 0.3) is 0 Å². The van der Waals surface area contributed by atoms with Crippen LogP contribution in [-0.2, 0) is 4.74 Å². The lowest BCUT2D eigenvalue weighted by Gasteiger charge is -2.18. The van der Waals surface area contributed by atoms with Gasteiger partial charge in [0, 0.05) is 13.5 Å². The predicted octanol–water partition coefficient (Wildman–Crippen LogP) is 2.61. The molecule has 0 bridgehead atoms. The Morgan fingerprint density at radius 1 is 1.17 bits per heavy atom. The summed E-state index contributed by atoms with van der Waals surface area (Å²) in [5.41, 5.74) is 0. The second-order valence-corrected chi connectivity index (χ2v) is 3.49. The van der Waals surface area contributed by atoms with Crippen LogP contribution in [0.2, 0.25) is 0 Å². The Bertz CT molecular complexity index is 158. The van der Waals surface area contributed by atoms with E-state index in [0.717, 1.165) is 12.3 Å². The molecular weight excluding hydrogens is 148 g/mol. The van der Waals surface area contributed by atoms with Gasteiger partial charge in [-0.05, 0) is 18.8 Å². The molecule has 1 fully saturated rings. The average molecular weight is 166 g/mol. The van der Waals surface area contributed by atoms with E-state index in [2.05, 4.69) is 11.8 Å². The molecular formula is C11H18O. The van der Waals surface area contributed by atoms with Crippen LogP contribution >= 0.6 is 0 Å². The van der Waals surface area contributed by atoms with Crippen molar-refractivity contribution in [3.63, 3.8) is 0 Å².